The predicted octanol–water partition coefficient (Wildman–Crippen LogP) is 4.48. The molecule has 0 spiro atoms. The molecular weight excluding hydrogens is 438 g/mol. The van der Waals surface area contributed by atoms with E-state index in [2.05, 4.69) is 21.8 Å². The van der Waals surface area contributed by atoms with Crippen LogP contribution in [0.3, 0.4) is 0 Å². The molecular formula is C28H27N5O2. The van der Waals surface area contributed by atoms with Gasteiger partial charge in [-0.3, -0.25) is 9.48 Å². The second kappa shape index (κ2) is 11.1. The third kappa shape index (κ3) is 5.94. The first-order valence-electron chi connectivity index (χ1n) is 11.3. The lowest BCUT2D eigenvalue weighted by Crippen LogP contribution is -2.34. The van der Waals surface area contributed by atoms with Crippen molar-refractivity contribution in [1.29, 1.82) is 5.26 Å². The number of nitriles is 1. The summed E-state index contributed by atoms with van der Waals surface area (Å²) in [5.74, 6) is 0.494. The Kier molecular flexibility index (Phi) is 7.56. The number of nitrogens with one attached hydrogen (secondary N) is 2. The Labute approximate surface area is 205 Å². The molecule has 0 aliphatic heterocycles. The van der Waals surface area contributed by atoms with Crippen molar-refractivity contribution in [3.63, 3.8) is 0 Å². The second-order valence-corrected chi connectivity index (χ2v) is 8.16. The number of rotatable bonds is 9. The number of carbonyl (C=O) groups is 1. The summed E-state index contributed by atoms with van der Waals surface area (Å²) in [6, 6.07) is 24.3. The maximum Gasteiger partial charge on any atom is 0.246 e. The van der Waals surface area contributed by atoms with Crippen LogP contribution >= 0.6 is 0 Å². The number of aromatic nitrogens is 2. The Bertz CT molecular complexity index is 1320. The summed E-state index contributed by atoms with van der Waals surface area (Å²) in [6.45, 7) is 0.599. The van der Waals surface area contributed by atoms with Crippen LogP contribution in [-0.2, 0) is 18.3 Å². The van der Waals surface area contributed by atoms with E-state index in [1.54, 1.807) is 30.1 Å². The number of methoxy groups -OCH3 is 1. The van der Waals surface area contributed by atoms with E-state index in [0.717, 1.165) is 28.7 Å². The quantitative estimate of drug-likeness (QED) is 0.380. The zero-order valence-electron chi connectivity index (χ0n) is 19.7. The number of hydrogen-bond acceptors (Lipinski definition) is 5. The van der Waals surface area contributed by atoms with Crippen LogP contribution in [0.2, 0.25) is 0 Å². The van der Waals surface area contributed by atoms with Gasteiger partial charge in [0.1, 0.15) is 11.8 Å². The van der Waals surface area contributed by atoms with Gasteiger partial charge < -0.3 is 15.4 Å². The molecule has 1 aromatic heterocycles. The minimum atomic E-state index is -0.529. The van der Waals surface area contributed by atoms with Gasteiger partial charge in [-0.25, -0.2) is 0 Å². The van der Waals surface area contributed by atoms with Crippen LogP contribution < -0.4 is 15.4 Å². The Morgan fingerprint density at radius 2 is 1.89 bits per heavy atom. The summed E-state index contributed by atoms with van der Waals surface area (Å²) in [5.41, 5.74) is 5.10. The Morgan fingerprint density at radius 1 is 1.11 bits per heavy atom. The fraction of sp³-hybridized carbons (Fsp3) is 0.179. The first-order valence-corrected chi connectivity index (χ1v) is 11.3. The number of aryl methyl sites for hydroxylation is 1. The summed E-state index contributed by atoms with van der Waals surface area (Å²) in [7, 11) is 3.47. The molecule has 7 nitrogen and oxygen atoms in total. The number of amides is 1. The Hall–Kier alpha value is -4.41. The van der Waals surface area contributed by atoms with Gasteiger partial charge in [-0.05, 0) is 41.8 Å². The van der Waals surface area contributed by atoms with Crippen LogP contribution in [0.15, 0.2) is 85.2 Å². The maximum atomic E-state index is 13.3. The van der Waals surface area contributed by atoms with Crippen molar-refractivity contribution in [1.82, 2.24) is 15.1 Å². The van der Waals surface area contributed by atoms with E-state index >= 15 is 0 Å². The number of ether oxygens (including phenoxy) is 1. The fourth-order valence-electron chi connectivity index (χ4n) is 3.90. The first-order chi connectivity index (χ1) is 17.1. The molecule has 3 aromatic carbocycles. The van der Waals surface area contributed by atoms with Crippen LogP contribution in [-0.4, -0.2) is 29.3 Å². The van der Waals surface area contributed by atoms with E-state index in [1.165, 1.54) is 0 Å². The van der Waals surface area contributed by atoms with E-state index in [9.17, 15) is 4.79 Å². The highest BCUT2D eigenvalue weighted by Crippen LogP contribution is 2.32. The normalized spacial score (nSPS) is 11.5. The monoisotopic (exact) mass is 465 g/mol. The molecule has 4 aromatic rings. The lowest BCUT2D eigenvalue weighted by molar-refractivity contribution is -0.118. The molecule has 4 rings (SSSR count). The highest BCUT2D eigenvalue weighted by atomic mass is 16.5. The van der Waals surface area contributed by atoms with E-state index in [-0.39, 0.29) is 5.91 Å². The third-order valence-electron chi connectivity index (χ3n) is 5.73. The van der Waals surface area contributed by atoms with E-state index < -0.39 is 6.04 Å². The number of benzene rings is 3. The van der Waals surface area contributed by atoms with Gasteiger partial charge in [0.15, 0.2) is 0 Å². The van der Waals surface area contributed by atoms with Gasteiger partial charge in [-0.15, -0.1) is 0 Å². The molecule has 0 aliphatic rings. The molecule has 0 saturated heterocycles. The Balaban J connectivity index is 1.48. The molecule has 0 saturated carbocycles. The molecule has 0 aliphatic carbocycles. The fourth-order valence-corrected chi connectivity index (χ4v) is 3.90. The largest absolute Gasteiger partial charge is 0.496 e. The number of nitrogens with zero attached hydrogens (tertiary/aromatic N) is 3. The van der Waals surface area contributed by atoms with Gasteiger partial charge in [0.2, 0.25) is 5.91 Å². The Morgan fingerprint density at radius 3 is 2.54 bits per heavy atom. The van der Waals surface area contributed by atoms with Crippen molar-refractivity contribution in [2.75, 3.05) is 19.0 Å². The van der Waals surface area contributed by atoms with Crippen molar-refractivity contribution in [2.24, 2.45) is 7.05 Å². The summed E-state index contributed by atoms with van der Waals surface area (Å²) in [4.78, 5) is 13.3. The topological polar surface area (TPSA) is 92.0 Å². The van der Waals surface area contributed by atoms with Crippen molar-refractivity contribution in [3.8, 4) is 22.9 Å². The molecule has 1 atom stereocenters. The van der Waals surface area contributed by atoms with Gasteiger partial charge in [0.25, 0.3) is 0 Å². The number of hydrogen-bond donors (Lipinski definition) is 2. The lowest BCUT2D eigenvalue weighted by atomic mass is 10.0. The predicted molar refractivity (Wildman–Crippen MR) is 136 cm³/mol. The molecule has 2 N–H and O–H groups in total. The van der Waals surface area contributed by atoms with Crippen LogP contribution in [0.1, 0.15) is 22.7 Å². The van der Waals surface area contributed by atoms with Gasteiger partial charge in [0.05, 0.1) is 24.9 Å². The number of carbonyl (C=O) groups excluding carboxylic acids is 1. The SMILES string of the molecule is COc1cc(NC(=O)[C@H](NCCc2ccc(C#N)cc2)c2ccccc2)ccc1-c1cnn(C)c1. The minimum absolute atomic E-state index is 0.160. The summed E-state index contributed by atoms with van der Waals surface area (Å²) in [5, 5.41) is 19.6. The zero-order chi connectivity index (χ0) is 24.6. The molecule has 35 heavy (non-hydrogen) atoms. The van der Waals surface area contributed by atoms with Crippen molar-refractivity contribution in [2.45, 2.75) is 12.5 Å². The standard InChI is InChI=1S/C28H27N5O2/c1-33-19-23(18-31-33)25-13-12-24(16-26(25)35-2)32-28(34)27(22-6-4-3-5-7-22)30-15-14-20-8-10-21(17-29)11-9-20/h3-13,16,18-19,27,30H,14-15H2,1-2H3,(H,32,34)/t27-/m1/s1. The molecule has 0 unspecified atom stereocenters. The van der Waals surface area contributed by atoms with Gasteiger partial charge in [-0.1, -0.05) is 42.5 Å². The molecule has 0 radical (unpaired) electrons. The molecule has 0 fully saturated rings. The maximum absolute atomic E-state index is 13.3. The summed E-state index contributed by atoms with van der Waals surface area (Å²) >= 11 is 0. The van der Waals surface area contributed by atoms with Crippen molar-refractivity contribution in [3.05, 3.63) is 102 Å². The highest BCUT2D eigenvalue weighted by Gasteiger charge is 2.20. The average molecular weight is 466 g/mol. The highest BCUT2D eigenvalue weighted by molar-refractivity contribution is 5.96. The van der Waals surface area contributed by atoms with Crippen molar-refractivity contribution >= 4 is 11.6 Å². The van der Waals surface area contributed by atoms with Crippen LogP contribution in [0.5, 0.6) is 5.75 Å². The van der Waals surface area contributed by atoms with Gasteiger partial charge in [-0.2, -0.15) is 10.4 Å². The van der Waals surface area contributed by atoms with Crippen LogP contribution in [0.25, 0.3) is 11.1 Å². The number of anilines is 1. The second-order valence-electron chi connectivity index (χ2n) is 8.16. The smallest absolute Gasteiger partial charge is 0.246 e. The van der Waals surface area contributed by atoms with E-state index in [0.29, 0.717) is 23.5 Å². The van der Waals surface area contributed by atoms with E-state index in [1.807, 2.05) is 73.9 Å². The summed E-state index contributed by atoms with van der Waals surface area (Å²) < 4.78 is 7.32. The third-order valence-corrected chi connectivity index (χ3v) is 5.73. The molecule has 1 heterocycles. The molecule has 1 amide bonds. The van der Waals surface area contributed by atoms with Crippen LogP contribution in [0, 0.1) is 11.3 Å². The first kappa shape index (κ1) is 23.7. The minimum Gasteiger partial charge on any atom is -0.496 e. The molecule has 0 bridgehead atoms. The van der Waals surface area contributed by atoms with Gasteiger partial charge in [0, 0.05) is 42.7 Å². The molecule has 7 heteroatoms. The molecule has 176 valence electrons. The van der Waals surface area contributed by atoms with Gasteiger partial charge >= 0.3 is 0 Å². The average Bonchev–Trinajstić information content (AvgIpc) is 3.33. The lowest BCUT2D eigenvalue weighted by Gasteiger charge is -2.20. The van der Waals surface area contributed by atoms with E-state index in [4.69, 9.17) is 10.00 Å². The van der Waals surface area contributed by atoms with Crippen molar-refractivity contribution < 1.29 is 9.53 Å². The zero-order valence-corrected chi connectivity index (χ0v) is 19.7. The summed E-state index contributed by atoms with van der Waals surface area (Å²) in [6.07, 6.45) is 4.43. The van der Waals surface area contributed by atoms with Crippen LogP contribution in [0.4, 0.5) is 5.69 Å².